The van der Waals surface area contributed by atoms with Crippen molar-refractivity contribution in [3.63, 3.8) is 0 Å². The van der Waals surface area contributed by atoms with Gasteiger partial charge in [0.2, 0.25) is 23.8 Å². The number of aromatic nitrogens is 16. The lowest BCUT2D eigenvalue weighted by atomic mass is 9.82. The Morgan fingerprint density at radius 2 is 0.746 bits per heavy atom. The van der Waals surface area contributed by atoms with Crippen molar-refractivity contribution < 1.29 is 28.7 Å². The van der Waals surface area contributed by atoms with Crippen LogP contribution in [-0.2, 0) is 9.47 Å². The Bertz CT molecular complexity index is 6970. The molecule has 16 aromatic rings. The van der Waals surface area contributed by atoms with Gasteiger partial charge < -0.3 is 70.3 Å². The summed E-state index contributed by atoms with van der Waals surface area (Å²) in [7, 11) is 4.01. The Morgan fingerprint density at radius 1 is 0.359 bits per heavy atom. The number of morpholine rings is 2. The maximum Gasteiger partial charge on any atom is 0.270 e. The minimum Gasteiger partial charge on any atom is -0.379 e. The van der Waals surface area contributed by atoms with Crippen molar-refractivity contribution in [1.82, 2.24) is 119 Å². The number of pyridine rings is 4. The second-order valence-electron chi connectivity index (χ2n) is 37.4. The molecule has 1 unspecified atom stereocenters. The van der Waals surface area contributed by atoms with Gasteiger partial charge in [0.15, 0.2) is 5.78 Å². The number of Topliss-reactive ketones (excluding diaryl/α,β-unsaturated/α-hetero) is 1. The van der Waals surface area contributed by atoms with E-state index in [2.05, 4.69) is 133 Å². The molecular weight excluding hydrogens is 1790 g/mol. The van der Waals surface area contributed by atoms with Gasteiger partial charge in [0.1, 0.15) is 17.1 Å². The van der Waals surface area contributed by atoms with Crippen LogP contribution in [0.15, 0.2) is 244 Å². The summed E-state index contributed by atoms with van der Waals surface area (Å²) in [6.07, 6.45) is 23.9. The number of piperazine rings is 2. The normalized spacial score (nSPS) is 17.8. The van der Waals surface area contributed by atoms with Crippen LogP contribution >= 0.6 is 0 Å². The molecule has 7 fully saturated rings. The van der Waals surface area contributed by atoms with Crippen LogP contribution in [0, 0.1) is 11.8 Å². The van der Waals surface area contributed by atoms with Gasteiger partial charge in [-0.15, -0.1) is 0 Å². The number of likely N-dealkylation sites (tertiary alicyclic amines) is 1. The number of benzene rings is 4. The van der Waals surface area contributed by atoms with Crippen LogP contribution in [0.1, 0.15) is 99.7 Å². The summed E-state index contributed by atoms with van der Waals surface area (Å²) in [6, 6.07) is 63.2. The molecule has 34 heteroatoms. The monoisotopic (exact) mass is 1900 g/mol. The van der Waals surface area contributed by atoms with Gasteiger partial charge in [-0.1, -0.05) is 24.3 Å². The molecule has 1 atom stereocenters. The van der Waals surface area contributed by atoms with E-state index in [1.807, 2.05) is 211 Å². The van der Waals surface area contributed by atoms with E-state index in [-0.39, 0.29) is 23.5 Å². The van der Waals surface area contributed by atoms with Crippen LogP contribution < -0.4 is 21.3 Å². The molecule has 23 rings (SSSR count). The summed E-state index contributed by atoms with van der Waals surface area (Å²) in [5.41, 5.74) is 15.9. The van der Waals surface area contributed by atoms with Crippen LogP contribution in [0.4, 0.5) is 46.5 Å². The third-order valence-corrected chi connectivity index (χ3v) is 27.5. The molecule has 2 saturated carbocycles. The summed E-state index contributed by atoms with van der Waals surface area (Å²) in [5, 5.41) is 17.0. The number of amides is 3. The van der Waals surface area contributed by atoms with E-state index >= 15 is 0 Å². The van der Waals surface area contributed by atoms with Crippen molar-refractivity contribution in [3.8, 4) is 45.6 Å². The number of fused-ring (bicyclic) bond motifs is 4. The van der Waals surface area contributed by atoms with E-state index in [0.717, 1.165) is 268 Å². The van der Waals surface area contributed by atoms with Gasteiger partial charge >= 0.3 is 0 Å². The van der Waals surface area contributed by atoms with Gasteiger partial charge in [0, 0.05) is 253 Å². The lowest BCUT2D eigenvalue weighted by Gasteiger charge is -2.38. The van der Waals surface area contributed by atoms with Crippen LogP contribution in [0.3, 0.4) is 0 Å². The number of nitrogens with zero attached hydrogens (tertiary/aromatic N) is 20. The van der Waals surface area contributed by atoms with Crippen molar-refractivity contribution in [1.29, 1.82) is 0 Å². The molecule has 34 nitrogen and oxygen atoms in total. The first-order valence-corrected chi connectivity index (χ1v) is 49.4. The number of ether oxygens (including phenoxy) is 2. The van der Waals surface area contributed by atoms with Gasteiger partial charge in [0.25, 0.3) is 17.7 Å². The van der Waals surface area contributed by atoms with Crippen molar-refractivity contribution in [2.75, 3.05) is 173 Å². The minimum absolute atomic E-state index is 0.00349. The highest BCUT2D eigenvalue weighted by atomic mass is 16.5. The molecule has 726 valence electrons. The average Bonchev–Trinajstić information content (AvgIpc) is 1.65. The summed E-state index contributed by atoms with van der Waals surface area (Å²) >= 11 is 0. The highest BCUT2D eigenvalue weighted by molar-refractivity contribution is 6.02. The molecule has 5 saturated heterocycles. The number of hydrogen-bond donors (Lipinski definition) is 8. The standard InChI is InChI=1S/C29H32N6O2.C28H31N7O2.C26H30N8O.C25H25N7O/c36-28(17-20-4-7-23(8-5-20)35-13-15-37-16-14-35)27-19-21-18-22(6-9-24(21)33-27)32-29-31-12-10-26(34-29)25-3-1-2-11-30-25;36-27(35-11-3-4-20(19-35)18-34-12-14-37-15-13-34)26-17-21-16-22(6-7-23(21)32-26)31-28-30-10-8-25(33-28)24-5-1-2-9-29-24;1-32-11-14-34(15-12-32)16-13-33(2)25(35)24-18-19-17-20(6-7-21(19)30-24)29-26-28-10-8-23(31-26)22-5-3-4-9-27-22;33-24(32-13-11-31(12-14-32)19-5-6-19)23-16-17-15-18(4-7-20(17)29-23)28-25-27-10-8-22(30-25)21-3-1-2-9-26-21/h1-3,6,9-12,18-20,23,33H,4-5,7-8,13-17H2,(H,31,32,34);1-2,5-10,16-17,20,32H,3-4,11-15,18-19H2,(H,30,31,33);3-10,17-18,30H,11-16H2,1-2H3,(H,28,29,31);1-4,7-10,15-16,19,29H,5-6,11-14H2,(H,27,28,30). The first kappa shape index (κ1) is 94.6. The maximum atomic E-state index is 13.4. The number of carbonyl (C=O) groups excluding carboxylic acids is 4. The molecule has 142 heavy (non-hydrogen) atoms. The highest BCUT2D eigenvalue weighted by Gasteiger charge is 2.35. The van der Waals surface area contributed by atoms with Crippen LogP contribution in [-0.4, -0.2) is 306 Å². The van der Waals surface area contributed by atoms with E-state index in [1.165, 1.54) is 32.1 Å². The predicted octanol–water partition coefficient (Wildman–Crippen LogP) is 15.9. The van der Waals surface area contributed by atoms with E-state index in [9.17, 15) is 19.2 Å². The van der Waals surface area contributed by atoms with Gasteiger partial charge in [-0.2, -0.15) is 0 Å². The number of H-pyrrole nitrogens is 4. The molecule has 0 radical (unpaired) electrons. The van der Waals surface area contributed by atoms with E-state index in [1.54, 1.807) is 54.5 Å². The van der Waals surface area contributed by atoms with Crippen LogP contribution in [0.25, 0.3) is 89.2 Å². The molecule has 7 aliphatic rings. The zero-order chi connectivity index (χ0) is 96.5. The number of rotatable bonds is 25. The minimum atomic E-state index is -0.00349. The summed E-state index contributed by atoms with van der Waals surface area (Å²) in [6.45, 7) is 19.4. The van der Waals surface area contributed by atoms with E-state index in [0.29, 0.717) is 77.4 Å². The summed E-state index contributed by atoms with van der Waals surface area (Å²) in [4.78, 5) is 137. The second kappa shape index (κ2) is 45.0. The Kier molecular flexibility index (Phi) is 30.0. The van der Waals surface area contributed by atoms with Crippen molar-refractivity contribution in [2.24, 2.45) is 11.8 Å². The fraction of sp³-hybridized carbons (Fsp3) is 0.333. The Labute approximate surface area is 823 Å². The third kappa shape index (κ3) is 24.3. The number of piperidine rings is 1. The maximum absolute atomic E-state index is 13.4. The molecule has 0 spiro atoms. The number of aromatic amines is 4. The Morgan fingerprint density at radius 3 is 1.17 bits per heavy atom. The molecule has 8 N–H and O–H groups in total. The molecule has 12 aromatic heterocycles. The van der Waals surface area contributed by atoms with Gasteiger partial charge in [-0.3, -0.25) is 58.7 Å². The molecule has 0 bridgehead atoms. The molecule has 4 aromatic carbocycles. The van der Waals surface area contributed by atoms with Crippen LogP contribution in [0.5, 0.6) is 0 Å². The number of likely N-dealkylation sites (N-methyl/N-ethyl adjacent to an activating group) is 2. The number of nitrogens with one attached hydrogen (secondary N) is 8. The topological polar surface area (TPSA) is 379 Å². The predicted molar refractivity (Wildman–Crippen MR) is 552 cm³/mol. The lowest BCUT2D eigenvalue weighted by molar-refractivity contribution is 0.00478. The number of ketones is 1. The summed E-state index contributed by atoms with van der Waals surface area (Å²) in [5.74, 6) is 3.31. The summed E-state index contributed by atoms with van der Waals surface area (Å²) < 4.78 is 11.0. The fourth-order valence-corrected chi connectivity index (χ4v) is 19.5. The highest BCUT2D eigenvalue weighted by Crippen LogP contribution is 2.36. The zero-order valence-corrected chi connectivity index (χ0v) is 80.0. The smallest absolute Gasteiger partial charge is 0.270 e. The number of carbonyl (C=O) groups is 4. The van der Waals surface area contributed by atoms with E-state index in [4.69, 9.17) is 9.47 Å². The van der Waals surface area contributed by atoms with Gasteiger partial charge in [-0.05, 0) is 240 Å². The molecule has 2 aliphatic carbocycles. The molecule has 3 amide bonds. The first-order chi connectivity index (χ1) is 69.7. The van der Waals surface area contributed by atoms with Crippen molar-refractivity contribution in [3.05, 3.63) is 266 Å². The van der Waals surface area contributed by atoms with E-state index < -0.39 is 0 Å². The van der Waals surface area contributed by atoms with Gasteiger partial charge in [0.05, 0.1) is 77.7 Å². The number of hydrogen-bond acceptors (Lipinski definition) is 27. The lowest BCUT2D eigenvalue weighted by Crippen LogP contribution is -2.49. The van der Waals surface area contributed by atoms with Gasteiger partial charge in [-0.25, -0.2) is 39.9 Å². The Hall–Kier alpha value is -15.0. The fourth-order valence-electron chi connectivity index (χ4n) is 19.5. The quantitative estimate of drug-likeness (QED) is 0.0246. The number of anilines is 8. The third-order valence-electron chi connectivity index (χ3n) is 27.5. The zero-order valence-electron chi connectivity index (χ0n) is 80.0. The largest absolute Gasteiger partial charge is 0.379 e. The average molecular weight is 1900 g/mol. The molecule has 17 heterocycles. The first-order valence-electron chi connectivity index (χ1n) is 49.4. The van der Waals surface area contributed by atoms with Crippen molar-refractivity contribution in [2.45, 2.75) is 69.9 Å². The molecular formula is C108H118N28O6. The SMILES string of the molecule is CN1CCN(CCN(C)C(=O)c2cc3cc(Nc4nccc(-c5ccccn5)n4)ccc3[nH]2)CC1.O=C(CC1CCC(N2CCOCC2)CC1)c1cc2cc(Nc3nccc(-c4ccccn4)n3)ccc2[nH]1.O=C(c1cc2cc(Nc3nccc(-c4ccccn4)n3)ccc2[nH]1)N1CCCC(CN2CCOCC2)C1.O=C(c1cc2cc(Nc3nccc(-c4ccccn4)n3)ccc2[nH]1)N1CCN(C2CC2)CC1. The van der Waals surface area contributed by atoms with Crippen molar-refractivity contribution >= 4 is 114 Å². The molecule has 5 aliphatic heterocycles. The Balaban J connectivity index is 0.000000116. The second-order valence-corrected chi connectivity index (χ2v) is 37.4. The van der Waals surface area contributed by atoms with Crippen LogP contribution in [0.2, 0.25) is 0 Å².